The molecule has 1 aromatic heterocycles. The minimum Gasteiger partial charge on any atom is -0.507 e. The SMILES string of the molecule is CCOc1cc(C2c3c(-c4cc(Cl)c(C)cc4O)n[nH]c3C(=O)N2Cc2ccc(OC)cc2)ccc1O. The molecule has 3 aromatic carbocycles. The molecular formula is C28H26ClN3O5. The van der Waals surface area contributed by atoms with Gasteiger partial charge in [-0.2, -0.15) is 5.10 Å². The summed E-state index contributed by atoms with van der Waals surface area (Å²) < 4.78 is 10.9. The van der Waals surface area contributed by atoms with Gasteiger partial charge in [-0.05, 0) is 66.9 Å². The average Bonchev–Trinajstić information content (AvgIpc) is 3.42. The topological polar surface area (TPSA) is 108 Å². The van der Waals surface area contributed by atoms with Gasteiger partial charge in [0.25, 0.3) is 5.91 Å². The standard InChI is InChI=1S/C28H26ClN3O5/c1-4-37-23-12-17(7-10-21(23)33)27-24-25(19-13-20(29)15(2)11-22(19)34)30-31-26(24)28(35)32(27)14-16-5-8-18(36-3)9-6-16/h5-13,27,33-34H,4,14H2,1-3H3,(H,30,31). The van der Waals surface area contributed by atoms with Gasteiger partial charge in [0.1, 0.15) is 22.9 Å². The first kappa shape index (κ1) is 24.5. The number of halogens is 1. The molecule has 5 rings (SSSR count). The lowest BCUT2D eigenvalue weighted by atomic mass is 9.94. The molecule has 1 aliphatic rings. The lowest BCUT2D eigenvalue weighted by Crippen LogP contribution is -2.29. The van der Waals surface area contributed by atoms with Crippen molar-refractivity contribution in [1.82, 2.24) is 15.1 Å². The van der Waals surface area contributed by atoms with Gasteiger partial charge in [-0.1, -0.05) is 29.8 Å². The van der Waals surface area contributed by atoms with Crippen LogP contribution in [-0.4, -0.2) is 44.9 Å². The Kier molecular flexibility index (Phi) is 6.43. The van der Waals surface area contributed by atoms with Crippen molar-refractivity contribution in [2.24, 2.45) is 0 Å². The van der Waals surface area contributed by atoms with E-state index in [0.29, 0.717) is 46.4 Å². The van der Waals surface area contributed by atoms with Gasteiger partial charge in [0.15, 0.2) is 11.5 Å². The second-order valence-corrected chi connectivity index (χ2v) is 9.23. The van der Waals surface area contributed by atoms with Crippen LogP contribution in [0.3, 0.4) is 0 Å². The van der Waals surface area contributed by atoms with Crippen molar-refractivity contribution >= 4 is 17.5 Å². The summed E-state index contributed by atoms with van der Waals surface area (Å²) >= 11 is 6.39. The molecule has 1 aliphatic heterocycles. The number of nitrogens with one attached hydrogen (secondary N) is 1. The van der Waals surface area contributed by atoms with E-state index in [-0.39, 0.29) is 17.4 Å². The van der Waals surface area contributed by atoms with E-state index >= 15 is 0 Å². The highest BCUT2D eigenvalue weighted by Gasteiger charge is 2.43. The number of phenolic OH excluding ortho intramolecular Hbond substituents is 2. The quantitative estimate of drug-likeness (QED) is 0.293. The van der Waals surface area contributed by atoms with Crippen LogP contribution in [0.4, 0.5) is 0 Å². The average molecular weight is 520 g/mol. The number of nitrogens with zero attached hydrogens (tertiary/aromatic N) is 2. The normalized spacial score (nSPS) is 14.6. The first-order chi connectivity index (χ1) is 17.8. The molecule has 8 nitrogen and oxygen atoms in total. The van der Waals surface area contributed by atoms with Gasteiger partial charge < -0.3 is 24.6 Å². The maximum absolute atomic E-state index is 13.7. The van der Waals surface area contributed by atoms with Gasteiger partial charge in [-0.25, -0.2) is 0 Å². The number of hydrogen-bond donors (Lipinski definition) is 3. The molecule has 0 bridgehead atoms. The summed E-state index contributed by atoms with van der Waals surface area (Å²) in [6, 6.07) is 15.2. The van der Waals surface area contributed by atoms with E-state index in [0.717, 1.165) is 22.4 Å². The van der Waals surface area contributed by atoms with Crippen LogP contribution in [0.25, 0.3) is 11.3 Å². The zero-order chi connectivity index (χ0) is 26.3. The number of carbonyl (C=O) groups is 1. The van der Waals surface area contributed by atoms with Gasteiger partial charge in [-0.3, -0.25) is 9.89 Å². The molecule has 3 N–H and O–H groups in total. The number of ether oxygens (including phenoxy) is 2. The Hall–Kier alpha value is -4.17. The van der Waals surface area contributed by atoms with Gasteiger partial charge in [0.05, 0.1) is 19.8 Å². The number of carbonyl (C=O) groups excluding carboxylic acids is 1. The van der Waals surface area contributed by atoms with Crippen molar-refractivity contribution in [3.8, 4) is 34.3 Å². The van der Waals surface area contributed by atoms with E-state index in [4.69, 9.17) is 21.1 Å². The van der Waals surface area contributed by atoms with Crippen LogP contribution in [0.5, 0.6) is 23.0 Å². The number of hydrogen-bond acceptors (Lipinski definition) is 6. The molecule has 1 unspecified atom stereocenters. The van der Waals surface area contributed by atoms with Crippen molar-refractivity contribution in [2.45, 2.75) is 26.4 Å². The molecule has 0 radical (unpaired) electrons. The Morgan fingerprint density at radius 1 is 1.08 bits per heavy atom. The van der Waals surface area contributed by atoms with Crippen LogP contribution < -0.4 is 9.47 Å². The summed E-state index contributed by atoms with van der Waals surface area (Å²) in [5, 5.41) is 28.9. The summed E-state index contributed by atoms with van der Waals surface area (Å²) in [6.45, 7) is 4.31. The number of aromatic hydroxyl groups is 2. The molecule has 1 amide bonds. The van der Waals surface area contributed by atoms with Crippen LogP contribution in [0.2, 0.25) is 5.02 Å². The van der Waals surface area contributed by atoms with E-state index in [2.05, 4.69) is 10.2 Å². The summed E-state index contributed by atoms with van der Waals surface area (Å²) in [5.74, 6) is 0.815. The van der Waals surface area contributed by atoms with Crippen LogP contribution >= 0.6 is 11.6 Å². The first-order valence-corrected chi connectivity index (χ1v) is 12.2. The monoisotopic (exact) mass is 519 g/mol. The number of aromatic amines is 1. The van der Waals surface area contributed by atoms with Crippen molar-refractivity contribution in [3.05, 3.63) is 87.6 Å². The smallest absolute Gasteiger partial charge is 0.273 e. The number of phenols is 2. The number of aromatic nitrogens is 2. The van der Waals surface area contributed by atoms with Gasteiger partial charge >= 0.3 is 0 Å². The Labute approximate surface area is 219 Å². The number of H-pyrrole nitrogens is 1. The fourth-order valence-corrected chi connectivity index (χ4v) is 4.83. The molecule has 37 heavy (non-hydrogen) atoms. The molecule has 0 spiro atoms. The Bertz CT molecular complexity index is 1480. The molecule has 0 saturated heterocycles. The maximum Gasteiger partial charge on any atom is 0.273 e. The van der Waals surface area contributed by atoms with E-state index in [9.17, 15) is 15.0 Å². The highest BCUT2D eigenvalue weighted by atomic mass is 35.5. The predicted octanol–water partition coefficient (Wildman–Crippen LogP) is 5.60. The molecule has 2 heterocycles. The highest BCUT2D eigenvalue weighted by Crippen LogP contribution is 2.47. The maximum atomic E-state index is 13.7. The predicted molar refractivity (Wildman–Crippen MR) is 139 cm³/mol. The Balaban J connectivity index is 1.66. The molecule has 190 valence electrons. The fraction of sp³-hybridized carbons (Fsp3) is 0.214. The third kappa shape index (κ3) is 4.34. The first-order valence-electron chi connectivity index (χ1n) is 11.8. The number of rotatable bonds is 7. The summed E-state index contributed by atoms with van der Waals surface area (Å²) in [5.41, 5.74) is 4.14. The third-order valence-electron chi connectivity index (χ3n) is 6.51. The van der Waals surface area contributed by atoms with E-state index in [1.54, 1.807) is 49.3 Å². The van der Waals surface area contributed by atoms with Crippen LogP contribution in [-0.2, 0) is 6.54 Å². The van der Waals surface area contributed by atoms with E-state index in [1.165, 1.54) is 0 Å². The lowest BCUT2D eigenvalue weighted by Gasteiger charge is -2.27. The fourth-order valence-electron chi connectivity index (χ4n) is 4.67. The van der Waals surface area contributed by atoms with Crippen molar-refractivity contribution in [3.63, 3.8) is 0 Å². The van der Waals surface area contributed by atoms with Gasteiger partial charge in [0, 0.05) is 22.7 Å². The van der Waals surface area contributed by atoms with Gasteiger partial charge in [0.2, 0.25) is 0 Å². The Morgan fingerprint density at radius 2 is 1.84 bits per heavy atom. The lowest BCUT2D eigenvalue weighted by molar-refractivity contribution is 0.0730. The largest absolute Gasteiger partial charge is 0.507 e. The zero-order valence-electron chi connectivity index (χ0n) is 20.6. The number of benzene rings is 3. The van der Waals surface area contributed by atoms with Crippen molar-refractivity contribution in [1.29, 1.82) is 0 Å². The molecule has 9 heteroatoms. The van der Waals surface area contributed by atoms with Crippen LogP contribution in [0.15, 0.2) is 54.6 Å². The summed E-state index contributed by atoms with van der Waals surface area (Å²) in [6.07, 6.45) is 0. The highest BCUT2D eigenvalue weighted by molar-refractivity contribution is 6.31. The van der Waals surface area contributed by atoms with Crippen LogP contribution in [0.1, 0.15) is 45.7 Å². The summed E-state index contributed by atoms with van der Waals surface area (Å²) in [7, 11) is 1.60. The van der Waals surface area contributed by atoms with Gasteiger partial charge in [-0.15, -0.1) is 0 Å². The van der Waals surface area contributed by atoms with Crippen LogP contribution in [0, 0.1) is 6.92 Å². The van der Waals surface area contributed by atoms with Crippen molar-refractivity contribution in [2.75, 3.05) is 13.7 Å². The zero-order valence-corrected chi connectivity index (χ0v) is 21.3. The number of aryl methyl sites for hydroxylation is 1. The number of methoxy groups -OCH3 is 1. The third-order valence-corrected chi connectivity index (χ3v) is 6.91. The summed E-state index contributed by atoms with van der Waals surface area (Å²) in [4.78, 5) is 15.4. The molecule has 0 fully saturated rings. The molecule has 0 saturated carbocycles. The molecular weight excluding hydrogens is 494 g/mol. The number of amides is 1. The number of fused-ring (bicyclic) bond motifs is 1. The molecule has 1 atom stereocenters. The van der Waals surface area contributed by atoms with E-state index < -0.39 is 6.04 Å². The van der Waals surface area contributed by atoms with Crippen molar-refractivity contribution < 1.29 is 24.5 Å². The second kappa shape index (κ2) is 9.71. The van der Waals surface area contributed by atoms with E-state index in [1.807, 2.05) is 31.2 Å². The Morgan fingerprint density at radius 3 is 2.54 bits per heavy atom. The minimum atomic E-state index is -0.572. The minimum absolute atomic E-state index is 0.00669. The molecule has 0 aliphatic carbocycles. The molecule has 4 aromatic rings. The second-order valence-electron chi connectivity index (χ2n) is 8.82.